The van der Waals surface area contributed by atoms with Gasteiger partial charge in [-0.1, -0.05) is 12.1 Å². The van der Waals surface area contributed by atoms with Crippen molar-refractivity contribution < 1.29 is 13.6 Å². The van der Waals surface area contributed by atoms with Gasteiger partial charge in [0.2, 0.25) is 5.91 Å². The minimum absolute atomic E-state index is 0.253. The van der Waals surface area contributed by atoms with Crippen molar-refractivity contribution in [2.45, 2.75) is 19.5 Å². The maximum atomic E-state index is 13.7. The van der Waals surface area contributed by atoms with Gasteiger partial charge in [0.1, 0.15) is 17.6 Å². The summed E-state index contributed by atoms with van der Waals surface area (Å²) in [5, 5.41) is 2.63. The number of imidazole rings is 1. The number of alkyl halides is 1. The number of rotatable bonds is 3. The second-order valence-corrected chi connectivity index (χ2v) is 6.07. The van der Waals surface area contributed by atoms with E-state index in [0.717, 1.165) is 11.1 Å². The minimum atomic E-state index is -1.04. The molecule has 0 unspecified atom stereocenters. The van der Waals surface area contributed by atoms with Crippen LogP contribution in [0.4, 0.5) is 14.6 Å². The Labute approximate surface area is 137 Å². The molecule has 2 atom stereocenters. The van der Waals surface area contributed by atoms with E-state index in [0.29, 0.717) is 17.0 Å². The summed E-state index contributed by atoms with van der Waals surface area (Å²) in [4.78, 5) is 16.1. The molecule has 0 aliphatic heterocycles. The van der Waals surface area contributed by atoms with Crippen LogP contribution in [0, 0.1) is 18.7 Å². The van der Waals surface area contributed by atoms with E-state index in [-0.39, 0.29) is 18.1 Å². The van der Waals surface area contributed by atoms with Gasteiger partial charge in [0.15, 0.2) is 5.82 Å². The molecule has 24 heavy (non-hydrogen) atoms. The van der Waals surface area contributed by atoms with E-state index < -0.39 is 12.1 Å². The van der Waals surface area contributed by atoms with Crippen molar-refractivity contribution in [3.63, 3.8) is 0 Å². The smallest absolute Gasteiger partial charge is 0.231 e. The van der Waals surface area contributed by atoms with Crippen LogP contribution >= 0.6 is 0 Å². The Hall–Kier alpha value is -2.76. The largest absolute Gasteiger partial charge is 0.309 e. The molecule has 4 rings (SSSR count). The molecule has 1 aliphatic rings. The number of benzene rings is 1. The highest BCUT2D eigenvalue weighted by Gasteiger charge is 2.43. The number of nitrogens with one attached hydrogen (secondary N) is 1. The second kappa shape index (κ2) is 5.40. The number of hydrogen-bond acceptors (Lipinski definition) is 2. The molecule has 0 spiro atoms. The summed E-state index contributed by atoms with van der Waals surface area (Å²) in [6, 6.07) is 8.61. The van der Waals surface area contributed by atoms with Gasteiger partial charge in [-0.05, 0) is 48.2 Å². The van der Waals surface area contributed by atoms with Crippen molar-refractivity contribution in [2.75, 3.05) is 5.32 Å². The number of pyridine rings is 1. The number of carbonyl (C=O) groups excluding carboxylic acids is 1. The van der Waals surface area contributed by atoms with Crippen LogP contribution in [-0.2, 0) is 4.79 Å². The standard InChI is InChI=1S/C18H15F2N3O/c1-10-12(3-2-4-14(10)19)11-5-6-17-21-16(9-23(17)8-11)22-18(24)13-7-15(13)20/h2-6,8-9,13,15H,7H2,1H3,(H,22,24)/t13-,15+/m0/s1. The highest BCUT2D eigenvalue weighted by molar-refractivity contribution is 5.94. The fraction of sp³-hybridized carbons (Fsp3) is 0.222. The summed E-state index contributed by atoms with van der Waals surface area (Å²) >= 11 is 0. The number of halogens is 2. The van der Waals surface area contributed by atoms with Crippen LogP contribution in [0.5, 0.6) is 0 Å². The first-order chi connectivity index (χ1) is 11.5. The zero-order valence-corrected chi connectivity index (χ0v) is 13.0. The lowest BCUT2D eigenvalue weighted by Crippen LogP contribution is -2.15. The molecule has 1 aromatic carbocycles. The molecule has 122 valence electrons. The number of hydrogen-bond donors (Lipinski definition) is 1. The Balaban J connectivity index is 1.66. The molecule has 0 radical (unpaired) electrons. The number of anilines is 1. The number of nitrogens with zero attached hydrogens (tertiary/aromatic N) is 2. The van der Waals surface area contributed by atoms with Crippen LogP contribution in [0.1, 0.15) is 12.0 Å². The average molecular weight is 327 g/mol. The Morgan fingerprint density at radius 1 is 1.29 bits per heavy atom. The topological polar surface area (TPSA) is 46.4 Å². The van der Waals surface area contributed by atoms with E-state index in [4.69, 9.17) is 0 Å². The minimum Gasteiger partial charge on any atom is -0.309 e. The zero-order chi connectivity index (χ0) is 16.8. The first kappa shape index (κ1) is 14.8. The summed E-state index contributed by atoms with van der Waals surface area (Å²) < 4.78 is 28.4. The molecule has 4 nitrogen and oxygen atoms in total. The molecule has 1 amide bonds. The van der Waals surface area contributed by atoms with Gasteiger partial charge in [-0.2, -0.15) is 0 Å². The van der Waals surface area contributed by atoms with Gasteiger partial charge >= 0.3 is 0 Å². The fourth-order valence-electron chi connectivity index (χ4n) is 2.79. The van der Waals surface area contributed by atoms with Gasteiger partial charge in [0, 0.05) is 6.20 Å². The number of carbonyl (C=O) groups is 1. The molecular weight excluding hydrogens is 312 g/mol. The van der Waals surface area contributed by atoms with Crippen molar-refractivity contribution in [2.24, 2.45) is 5.92 Å². The SMILES string of the molecule is Cc1c(F)cccc1-c1ccc2nc(NC(=O)[C@H]3C[C@H]3F)cn2c1. The van der Waals surface area contributed by atoms with Crippen molar-refractivity contribution >= 4 is 17.4 Å². The molecule has 2 heterocycles. The summed E-state index contributed by atoms with van der Waals surface area (Å²) in [5.74, 6) is -0.768. The molecule has 2 aromatic heterocycles. The van der Waals surface area contributed by atoms with E-state index in [9.17, 15) is 13.6 Å². The Morgan fingerprint density at radius 3 is 2.83 bits per heavy atom. The molecule has 0 bridgehead atoms. The Kier molecular flexibility index (Phi) is 3.33. The van der Waals surface area contributed by atoms with Crippen molar-refractivity contribution in [1.29, 1.82) is 0 Å². The molecule has 1 fully saturated rings. The van der Waals surface area contributed by atoms with Crippen LogP contribution in [0.2, 0.25) is 0 Å². The van der Waals surface area contributed by atoms with Gasteiger partial charge in [0.25, 0.3) is 0 Å². The number of aromatic nitrogens is 2. The van der Waals surface area contributed by atoms with Crippen LogP contribution in [0.15, 0.2) is 42.7 Å². The molecule has 1 N–H and O–H groups in total. The summed E-state index contributed by atoms with van der Waals surface area (Å²) in [7, 11) is 0. The van der Waals surface area contributed by atoms with Gasteiger partial charge in [-0.25, -0.2) is 13.8 Å². The van der Waals surface area contributed by atoms with E-state index >= 15 is 0 Å². The van der Waals surface area contributed by atoms with Crippen molar-refractivity contribution in [3.8, 4) is 11.1 Å². The van der Waals surface area contributed by atoms with E-state index in [1.165, 1.54) is 6.07 Å². The maximum absolute atomic E-state index is 13.7. The lowest BCUT2D eigenvalue weighted by Gasteiger charge is -2.07. The number of fused-ring (bicyclic) bond motifs is 1. The van der Waals surface area contributed by atoms with Crippen molar-refractivity contribution in [3.05, 3.63) is 54.1 Å². The monoisotopic (exact) mass is 327 g/mol. The molecular formula is C18H15F2N3O. The maximum Gasteiger partial charge on any atom is 0.231 e. The average Bonchev–Trinajstić information content (AvgIpc) is 3.15. The third-order valence-electron chi connectivity index (χ3n) is 4.33. The lowest BCUT2D eigenvalue weighted by atomic mass is 10.0. The van der Waals surface area contributed by atoms with Gasteiger partial charge in [-0.3, -0.25) is 4.79 Å². The van der Waals surface area contributed by atoms with E-state index in [1.807, 2.05) is 18.3 Å². The first-order valence-corrected chi connectivity index (χ1v) is 7.72. The molecule has 6 heteroatoms. The molecule has 1 saturated carbocycles. The van der Waals surface area contributed by atoms with Crippen LogP contribution in [0.25, 0.3) is 16.8 Å². The van der Waals surface area contributed by atoms with E-state index in [2.05, 4.69) is 10.3 Å². The quantitative estimate of drug-likeness (QED) is 0.796. The Bertz CT molecular complexity index is 951. The summed E-state index contributed by atoms with van der Waals surface area (Å²) in [6.07, 6.45) is 2.74. The molecule has 0 saturated heterocycles. The van der Waals surface area contributed by atoms with Crippen LogP contribution < -0.4 is 5.32 Å². The van der Waals surface area contributed by atoms with Gasteiger partial charge in [0.05, 0.1) is 12.1 Å². The normalized spacial score (nSPS) is 19.5. The van der Waals surface area contributed by atoms with Crippen LogP contribution in [0.3, 0.4) is 0 Å². The molecule has 1 aliphatic carbocycles. The predicted octanol–water partition coefficient (Wildman–Crippen LogP) is 3.75. The summed E-state index contributed by atoms with van der Waals surface area (Å²) in [5.41, 5.74) is 2.87. The van der Waals surface area contributed by atoms with E-state index in [1.54, 1.807) is 29.7 Å². The zero-order valence-electron chi connectivity index (χ0n) is 13.0. The van der Waals surface area contributed by atoms with Crippen LogP contribution in [-0.4, -0.2) is 21.5 Å². The van der Waals surface area contributed by atoms with Crippen molar-refractivity contribution in [1.82, 2.24) is 9.38 Å². The fourth-order valence-corrected chi connectivity index (χ4v) is 2.79. The Morgan fingerprint density at radius 2 is 2.08 bits per heavy atom. The third-order valence-corrected chi connectivity index (χ3v) is 4.33. The van der Waals surface area contributed by atoms with Gasteiger partial charge < -0.3 is 9.72 Å². The predicted molar refractivity (Wildman–Crippen MR) is 87.0 cm³/mol. The highest BCUT2D eigenvalue weighted by atomic mass is 19.1. The first-order valence-electron chi connectivity index (χ1n) is 7.72. The summed E-state index contributed by atoms with van der Waals surface area (Å²) in [6.45, 7) is 1.73. The van der Waals surface area contributed by atoms with Gasteiger partial charge in [-0.15, -0.1) is 0 Å². The third kappa shape index (κ3) is 2.54. The molecule has 3 aromatic rings. The lowest BCUT2D eigenvalue weighted by molar-refractivity contribution is -0.117. The number of amides is 1. The highest BCUT2D eigenvalue weighted by Crippen LogP contribution is 2.34. The second-order valence-electron chi connectivity index (χ2n) is 6.07.